The molecule has 0 aromatic heterocycles. The van der Waals surface area contributed by atoms with E-state index in [4.69, 9.17) is 9.47 Å². The van der Waals surface area contributed by atoms with Gasteiger partial charge in [-0.3, -0.25) is 4.79 Å². The van der Waals surface area contributed by atoms with E-state index in [1.54, 1.807) is 56.9 Å². The smallest absolute Gasteiger partial charge is 0.410 e. The Bertz CT molecular complexity index is 1150. The van der Waals surface area contributed by atoms with E-state index in [0.717, 1.165) is 17.7 Å². The van der Waals surface area contributed by atoms with Gasteiger partial charge in [-0.05, 0) is 75.9 Å². The molecule has 0 bridgehead atoms. The predicted molar refractivity (Wildman–Crippen MR) is 131 cm³/mol. The lowest BCUT2D eigenvalue weighted by molar-refractivity contribution is -0.138. The van der Waals surface area contributed by atoms with Gasteiger partial charge in [-0.15, -0.1) is 0 Å². The quantitative estimate of drug-likeness (QED) is 0.543. The first-order valence-electron chi connectivity index (χ1n) is 11.7. The summed E-state index contributed by atoms with van der Waals surface area (Å²) >= 11 is 0. The van der Waals surface area contributed by atoms with Crippen LogP contribution in [0.4, 0.5) is 19.3 Å². The molecule has 9 heteroatoms. The van der Waals surface area contributed by atoms with Crippen LogP contribution < -0.4 is 5.32 Å². The number of nitrogens with zero attached hydrogens (tertiary/aromatic N) is 1. The van der Waals surface area contributed by atoms with Crippen LogP contribution in [0.5, 0.6) is 0 Å². The van der Waals surface area contributed by atoms with Gasteiger partial charge in [-0.2, -0.15) is 0 Å². The van der Waals surface area contributed by atoms with E-state index in [-0.39, 0.29) is 6.61 Å². The second-order valence-electron chi connectivity index (χ2n) is 9.27. The van der Waals surface area contributed by atoms with E-state index in [0.29, 0.717) is 42.8 Å². The third-order valence-electron chi connectivity index (χ3n) is 5.48. The lowest BCUT2D eigenvalue weighted by atomic mass is 9.96. The topological polar surface area (TPSA) is 84.9 Å². The average molecular weight is 501 g/mol. The first-order valence-corrected chi connectivity index (χ1v) is 11.7. The lowest BCUT2D eigenvalue weighted by Crippen LogP contribution is -2.37. The monoisotopic (exact) mass is 500 g/mol. The number of esters is 1. The molecule has 2 aromatic carbocycles. The molecule has 0 atom stereocenters. The van der Waals surface area contributed by atoms with Crippen LogP contribution in [0.15, 0.2) is 48.0 Å². The van der Waals surface area contributed by atoms with E-state index < -0.39 is 40.8 Å². The minimum absolute atomic E-state index is 0.211. The minimum atomic E-state index is -0.957. The van der Waals surface area contributed by atoms with Crippen molar-refractivity contribution in [1.29, 1.82) is 0 Å². The minimum Gasteiger partial charge on any atom is -0.463 e. The van der Waals surface area contributed by atoms with Gasteiger partial charge in [0.2, 0.25) is 0 Å². The van der Waals surface area contributed by atoms with Crippen LogP contribution in [-0.4, -0.2) is 48.2 Å². The molecule has 0 radical (unpaired) electrons. The Morgan fingerprint density at radius 1 is 0.972 bits per heavy atom. The number of amides is 2. The zero-order chi connectivity index (χ0) is 26.5. The molecule has 0 fully saturated rings. The van der Waals surface area contributed by atoms with Crippen LogP contribution in [0.3, 0.4) is 0 Å². The molecule has 1 aliphatic rings. The largest absolute Gasteiger partial charge is 0.463 e. The van der Waals surface area contributed by atoms with Crippen molar-refractivity contribution in [2.45, 2.75) is 46.1 Å². The highest BCUT2D eigenvalue weighted by molar-refractivity contribution is 6.05. The third kappa shape index (κ3) is 6.68. The molecule has 0 spiro atoms. The summed E-state index contributed by atoms with van der Waals surface area (Å²) in [4.78, 5) is 39.3. The number of carbonyl (C=O) groups excluding carboxylic acids is 3. The van der Waals surface area contributed by atoms with Crippen LogP contribution in [0, 0.1) is 11.6 Å². The van der Waals surface area contributed by atoms with Crippen LogP contribution in [0.1, 0.15) is 56.5 Å². The Morgan fingerprint density at radius 2 is 1.58 bits per heavy atom. The predicted octanol–water partition coefficient (Wildman–Crippen LogP) is 5.56. The summed E-state index contributed by atoms with van der Waals surface area (Å²) in [7, 11) is 0. The molecule has 0 aliphatic carbocycles. The number of benzene rings is 2. The number of halogens is 2. The first-order chi connectivity index (χ1) is 17.0. The Hall–Kier alpha value is -3.75. The molecule has 0 saturated heterocycles. The van der Waals surface area contributed by atoms with Gasteiger partial charge in [0, 0.05) is 24.4 Å². The number of anilines is 1. The molecule has 36 heavy (non-hydrogen) atoms. The van der Waals surface area contributed by atoms with Crippen molar-refractivity contribution in [3.8, 4) is 0 Å². The van der Waals surface area contributed by atoms with Crippen molar-refractivity contribution in [3.63, 3.8) is 0 Å². The Balaban J connectivity index is 1.82. The van der Waals surface area contributed by atoms with E-state index in [2.05, 4.69) is 5.32 Å². The normalized spacial score (nSPS) is 14.2. The maximum atomic E-state index is 13.9. The second kappa shape index (κ2) is 11.3. The van der Waals surface area contributed by atoms with Crippen molar-refractivity contribution >= 4 is 29.2 Å². The van der Waals surface area contributed by atoms with Crippen molar-refractivity contribution in [3.05, 3.63) is 70.8 Å². The van der Waals surface area contributed by atoms with Gasteiger partial charge in [-0.1, -0.05) is 18.2 Å². The van der Waals surface area contributed by atoms with Crippen LogP contribution in [-0.2, 0) is 14.3 Å². The van der Waals surface area contributed by atoms with E-state index in [9.17, 15) is 23.2 Å². The number of rotatable bonds is 5. The Morgan fingerprint density at radius 3 is 2.17 bits per heavy atom. The zero-order valence-electron chi connectivity index (χ0n) is 20.8. The standard InChI is InChI=1S/C27H30F2N2O5/c1-5-35-25(33)20-14-16-31(26(34)36-27(2,3)4)15-13-19(20)17-9-11-18(12-10-17)30-24(32)23-21(28)7-6-8-22(23)29/h6-12H,5,13-16H2,1-4H3,(H,30,32). The molecule has 1 N–H and O–H groups in total. The van der Waals surface area contributed by atoms with Crippen molar-refractivity contribution in [2.75, 3.05) is 25.0 Å². The Kier molecular flexibility index (Phi) is 8.45. The van der Waals surface area contributed by atoms with Crippen molar-refractivity contribution < 1.29 is 32.6 Å². The molecule has 1 heterocycles. The number of nitrogens with one attached hydrogen (secondary N) is 1. The first kappa shape index (κ1) is 26.8. The van der Waals surface area contributed by atoms with Crippen LogP contribution >= 0.6 is 0 Å². The van der Waals surface area contributed by atoms with Gasteiger partial charge in [0.05, 0.1) is 6.61 Å². The van der Waals surface area contributed by atoms with Crippen molar-refractivity contribution in [1.82, 2.24) is 4.90 Å². The van der Waals surface area contributed by atoms with Gasteiger partial charge in [-0.25, -0.2) is 18.4 Å². The molecule has 3 rings (SSSR count). The summed E-state index contributed by atoms with van der Waals surface area (Å²) in [5, 5.41) is 2.48. The molecule has 2 amide bonds. The fraction of sp³-hybridized carbons (Fsp3) is 0.370. The number of hydrogen-bond acceptors (Lipinski definition) is 5. The highest BCUT2D eigenvalue weighted by Gasteiger charge is 2.28. The maximum absolute atomic E-state index is 13.9. The number of hydrogen-bond donors (Lipinski definition) is 1. The van der Waals surface area contributed by atoms with Crippen LogP contribution in [0.2, 0.25) is 0 Å². The highest BCUT2D eigenvalue weighted by atomic mass is 19.1. The molecule has 7 nitrogen and oxygen atoms in total. The maximum Gasteiger partial charge on any atom is 0.410 e. The van der Waals surface area contributed by atoms with Crippen molar-refractivity contribution in [2.24, 2.45) is 0 Å². The van der Waals surface area contributed by atoms with Gasteiger partial charge in [0.25, 0.3) is 5.91 Å². The molecule has 2 aromatic rings. The third-order valence-corrected chi connectivity index (χ3v) is 5.48. The molecular formula is C27H30F2N2O5. The number of carbonyl (C=O) groups is 3. The average Bonchev–Trinajstić information content (AvgIpc) is 3.02. The zero-order valence-corrected chi connectivity index (χ0v) is 20.8. The molecule has 0 unspecified atom stereocenters. The lowest BCUT2D eigenvalue weighted by Gasteiger charge is -2.26. The SMILES string of the molecule is CCOC(=O)C1=C(c2ccc(NC(=O)c3c(F)cccc3F)cc2)CCN(C(=O)OC(C)(C)C)CC1. The van der Waals surface area contributed by atoms with Gasteiger partial charge >= 0.3 is 12.1 Å². The summed E-state index contributed by atoms with van der Waals surface area (Å²) in [6.45, 7) is 7.94. The summed E-state index contributed by atoms with van der Waals surface area (Å²) in [5.74, 6) is -3.28. The van der Waals surface area contributed by atoms with Gasteiger partial charge < -0.3 is 19.7 Å². The molecule has 0 saturated carbocycles. The molecular weight excluding hydrogens is 470 g/mol. The molecule has 1 aliphatic heterocycles. The number of ether oxygens (including phenoxy) is 2. The summed E-state index contributed by atoms with van der Waals surface area (Å²) in [6, 6.07) is 9.77. The van der Waals surface area contributed by atoms with Gasteiger partial charge in [0.15, 0.2) is 0 Å². The van der Waals surface area contributed by atoms with Crippen LogP contribution in [0.25, 0.3) is 5.57 Å². The Labute approximate surface area is 209 Å². The second-order valence-corrected chi connectivity index (χ2v) is 9.27. The van der Waals surface area contributed by atoms with E-state index in [1.807, 2.05) is 0 Å². The van der Waals surface area contributed by atoms with E-state index in [1.165, 1.54) is 6.07 Å². The summed E-state index contributed by atoms with van der Waals surface area (Å²) in [6.07, 6.45) is 0.225. The molecule has 192 valence electrons. The van der Waals surface area contributed by atoms with E-state index >= 15 is 0 Å². The fourth-order valence-corrected chi connectivity index (χ4v) is 3.84. The fourth-order valence-electron chi connectivity index (χ4n) is 3.84. The summed E-state index contributed by atoms with van der Waals surface area (Å²) in [5.41, 5.74) is 0.911. The van der Waals surface area contributed by atoms with Gasteiger partial charge in [0.1, 0.15) is 22.8 Å². The highest BCUT2D eigenvalue weighted by Crippen LogP contribution is 2.30. The summed E-state index contributed by atoms with van der Waals surface area (Å²) < 4.78 is 38.6.